The van der Waals surface area contributed by atoms with Crippen LogP contribution in [0, 0.1) is 11.3 Å². The van der Waals surface area contributed by atoms with Gasteiger partial charge in [-0.1, -0.05) is 18.5 Å². The lowest BCUT2D eigenvalue weighted by molar-refractivity contribution is 0.0854. The molecule has 1 unspecified atom stereocenters. The van der Waals surface area contributed by atoms with Crippen LogP contribution in [0.5, 0.6) is 0 Å². The van der Waals surface area contributed by atoms with E-state index in [4.69, 9.17) is 14.5 Å². The minimum absolute atomic E-state index is 0.129. The van der Waals surface area contributed by atoms with Crippen LogP contribution in [0.2, 0.25) is 0 Å². The topological polar surface area (TPSA) is 71.9 Å². The van der Waals surface area contributed by atoms with Crippen LogP contribution >= 0.6 is 0 Å². The SMILES string of the molecule is CCCC(OC)c1noc(CC#N)n1. The molecule has 0 bridgehead atoms. The zero-order valence-electron chi connectivity index (χ0n) is 8.36. The fourth-order valence-corrected chi connectivity index (χ4v) is 1.15. The minimum Gasteiger partial charge on any atom is -0.373 e. The van der Waals surface area contributed by atoms with E-state index >= 15 is 0 Å². The van der Waals surface area contributed by atoms with E-state index in [0.717, 1.165) is 12.8 Å². The highest BCUT2D eigenvalue weighted by Crippen LogP contribution is 2.18. The number of hydrogen-bond donors (Lipinski definition) is 0. The lowest BCUT2D eigenvalue weighted by Gasteiger charge is -2.08. The molecule has 0 aliphatic heterocycles. The number of ether oxygens (including phenoxy) is 1. The monoisotopic (exact) mass is 195 g/mol. The van der Waals surface area contributed by atoms with Gasteiger partial charge in [-0.05, 0) is 6.42 Å². The molecule has 0 amide bonds. The Morgan fingerprint density at radius 2 is 2.43 bits per heavy atom. The molecule has 1 atom stereocenters. The highest BCUT2D eigenvalue weighted by molar-refractivity contribution is 4.95. The third kappa shape index (κ3) is 2.54. The van der Waals surface area contributed by atoms with Crippen molar-refractivity contribution >= 4 is 0 Å². The fourth-order valence-electron chi connectivity index (χ4n) is 1.15. The summed E-state index contributed by atoms with van der Waals surface area (Å²) in [6, 6.07) is 1.95. The van der Waals surface area contributed by atoms with Gasteiger partial charge in [0.15, 0.2) is 0 Å². The van der Waals surface area contributed by atoms with Gasteiger partial charge < -0.3 is 9.26 Å². The Kier molecular flexibility index (Phi) is 4.08. The van der Waals surface area contributed by atoms with Gasteiger partial charge in [-0.3, -0.25) is 0 Å². The average molecular weight is 195 g/mol. The number of hydrogen-bond acceptors (Lipinski definition) is 5. The van der Waals surface area contributed by atoms with Crippen LogP contribution in [0.3, 0.4) is 0 Å². The molecule has 76 valence electrons. The number of nitrogens with zero attached hydrogens (tertiary/aromatic N) is 3. The van der Waals surface area contributed by atoms with Gasteiger partial charge in [0.1, 0.15) is 12.5 Å². The summed E-state index contributed by atoms with van der Waals surface area (Å²) in [5.41, 5.74) is 0. The fraction of sp³-hybridized carbons (Fsp3) is 0.667. The Balaban J connectivity index is 2.69. The molecule has 0 aliphatic rings. The van der Waals surface area contributed by atoms with E-state index in [-0.39, 0.29) is 12.5 Å². The first kappa shape index (κ1) is 10.7. The van der Waals surface area contributed by atoms with Crippen molar-refractivity contribution in [3.8, 4) is 6.07 Å². The molecule has 1 heterocycles. The van der Waals surface area contributed by atoms with Gasteiger partial charge in [-0.15, -0.1) is 0 Å². The highest BCUT2D eigenvalue weighted by atomic mass is 16.5. The maximum absolute atomic E-state index is 8.42. The molecule has 0 aliphatic carbocycles. The van der Waals surface area contributed by atoms with Crippen molar-refractivity contribution in [2.75, 3.05) is 7.11 Å². The smallest absolute Gasteiger partial charge is 0.240 e. The summed E-state index contributed by atoms with van der Waals surface area (Å²) in [6.07, 6.45) is 1.86. The van der Waals surface area contributed by atoms with Crippen LogP contribution in [0.4, 0.5) is 0 Å². The predicted octanol–water partition coefficient (Wildman–Crippen LogP) is 1.62. The Labute approximate surface area is 82.7 Å². The Bertz CT molecular complexity index is 316. The molecule has 14 heavy (non-hydrogen) atoms. The van der Waals surface area contributed by atoms with Crippen molar-refractivity contribution in [1.82, 2.24) is 10.1 Å². The van der Waals surface area contributed by atoms with Crippen molar-refractivity contribution in [1.29, 1.82) is 5.26 Å². The van der Waals surface area contributed by atoms with Crippen LogP contribution in [0.15, 0.2) is 4.52 Å². The number of nitriles is 1. The van der Waals surface area contributed by atoms with E-state index in [9.17, 15) is 0 Å². The molecular formula is C9H13N3O2. The maximum Gasteiger partial charge on any atom is 0.240 e. The van der Waals surface area contributed by atoms with Crippen LogP contribution in [0.1, 0.15) is 37.6 Å². The number of methoxy groups -OCH3 is 1. The molecule has 0 aromatic carbocycles. The van der Waals surface area contributed by atoms with Crippen molar-refractivity contribution in [3.05, 3.63) is 11.7 Å². The largest absolute Gasteiger partial charge is 0.373 e. The van der Waals surface area contributed by atoms with E-state index in [1.54, 1.807) is 7.11 Å². The lowest BCUT2D eigenvalue weighted by atomic mass is 10.2. The second-order valence-corrected chi connectivity index (χ2v) is 2.89. The summed E-state index contributed by atoms with van der Waals surface area (Å²) in [5, 5.41) is 12.2. The van der Waals surface area contributed by atoms with Crippen LogP contribution < -0.4 is 0 Å². The van der Waals surface area contributed by atoms with Crippen LogP contribution in [0.25, 0.3) is 0 Å². The first-order valence-corrected chi connectivity index (χ1v) is 4.54. The summed E-state index contributed by atoms with van der Waals surface area (Å²) in [7, 11) is 1.61. The van der Waals surface area contributed by atoms with Crippen molar-refractivity contribution in [2.24, 2.45) is 0 Å². The zero-order chi connectivity index (χ0) is 10.4. The van der Waals surface area contributed by atoms with Crippen molar-refractivity contribution in [3.63, 3.8) is 0 Å². The molecule has 0 N–H and O–H groups in total. The zero-order valence-corrected chi connectivity index (χ0v) is 8.36. The summed E-state index contributed by atoms with van der Waals surface area (Å²) >= 11 is 0. The quantitative estimate of drug-likeness (QED) is 0.713. The average Bonchev–Trinajstić information content (AvgIpc) is 2.63. The third-order valence-electron chi connectivity index (χ3n) is 1.84. The van der Waals surface area contributed by atoms with Crippen LogP contribution in [-0.4, -0.2) is 17.3 Å². The van der Waals surface area contributed by atoms with E-state index in [1.165, 1.54) is 0 Å². The Morgan fingerprint density at radius 1 is 1.64 bits per heavy atom. The minimum atomic E-state index is -0.129. The second kappa shape index (κ2) is 5.35. The molecule has 0 saturated heterocycles. The molecule has 1 aromatic heterocycles. The highest BCUT2D eigenvalue weighted by Gasteiger charge is 2.16. The third-order valence-corrected chi connectivity index (χ3v) is 1.84. The molecular weight excluding hydrogens is 182 g/mol. The molecule has 0 fully saturated rings. The summed E-state index contributed by atoms with van der Waals surface area (Å²) in [4.78, 5) is 4.06. The number of rotatable bonds is 5. The Morgan fingerprint density at radius 3 is 3.00 bits per heavy atom. The van der Waals surface area contributed by atoms with Gasteiger partial charge in [0.25, 0.3) is 0 Å². The lowest BCUT2D eigenvalue weighted by Crippen LogP contribution is -2.03. The standard InChI is InChI=1S/C9H13N3O2/c1-3-4-7(13-2)9-11-8(5-6-10)14-12-9/h7H,3-5H2,1-2H3. The molecule has 5 heteroatoms. The van der Waals surface area contributed by atoms with E-state index in [1.807, 2.05) is 6.07 Å². The molecule has 0 spiro atoms. The van der Waals surface area contributed by atoms with E-state index in [2.05, 4.69) is 17.1 Å². The first-order valence-electron chi connectivity index (χ1n) is 4.54. The molecule has 1 rings (SSSR count). The van der Waals surface area contributed by atoms with Gasteiger partial charge in [0, 0.05) is 7.11 Å². The normalized spacial score (nSPS) is 12.4. The maximum atomic E-state index is 8.42. The summed E-state index contributed by atoms with van der Waals surface area (Å²) in [6.45, 7) is 2.06. The van der Waals surface area contributed by atoms with Gasteiger partial charge in [-0.2, -0.15) is 10.2 Å². The van der Waals surface area contributed by atoms with Crippen molar-refractivity contribution in [2.45, 2.75) is 32.3 Å². The molecule has 5 nitrogen and oxygen atoms in total. The summed E-state index contributed by atoms with van der Waals surface area (Å²) in [5.74, 6) is 0.875. The molecule has 0 saturated carbocycles. The van der Waals surface area contributed by atoms with E-state index in [0.29, 0.717) is 11.7 Å². The summed E-state index contributed by atoms with van der Waals surface area (Å²) < 4.78 is 10.1. The van der Waals surface area contributed by atoms with Gasteiger partial charge in [0.2, 0.25) is 11.7 Å². The second-order valence-electron chi connectivity index (χ2n) is 2.89. The Hall–Kier alpha value is -1.41. The predicted molar refractivity (Wildman–Crippen MR) is 48.3 cm³/mol. The van der Waals surface area contributed by atoms with Crippen molar-refractivity contribution < 1.29 is 9.26 Å². The number of aromatic nitrogens is 2. The molecule has 0 radical (unpaired) electrons. The first-order chi connectivity index (χ1) is 6.81. The molecule has 1 aromatic rings. The van der Waals surface area contributed by atoms with Gasteiger partial charge >= 0.3 is 0 Å². The van der Waals surface area contributed by atoms with Gasteiger partial charge in [-0.25, -0.2) is 0 Å². The van der Waals surface area contributed by atoms with E-state index < -0.39 is 0 Å². The van der Waals surface area contributed by atoms with Crippen LogP contribution in [-0.2, 0) is 11.2 Å². The van der Waals surface area contributed by atoms with Gasteiger partial charge in [0.05, 0.1) is 6.07 Å².